The summed E-state index contributed by atoms with van der Waals surface area (Å²) in [5.74, 6) is 1.95. The van der Waals surface area contributed by atoms with Crippen molar-refractivity contribution >= 4 is 0 Å². The van der Waals surface area contributed by atoms with E-state index >= 15 is 0 Å². The van der Waals surface area contributed by atoms with Gasteiger partial charge >= 0.3 is 0 Å². The highest BCUT2D eigenvalue weighted by atomic mass is 19.1. The van der Waals surface area contributed by atoms with Gasteiger partial charge in [0.1, 0.15) is 5.82 Å². The van der Waals surface area contributed by atoms with Gasteiger partial charge in [0, 0.05) is 19.6 Å². The van der Waals surface area contributed by atoms with Crippen molar-refractivity contribution in [2.45, 2.75) is 64.0 Å². The van der Waals surface area contributed by atoms with E-state index < -0.39 is 0 Å². The van der Waals surface area contributed by atoms with Crippen LogP contribution in [0.1, 0.15) is 68.3 Å². The van der Waals surface area contributed by atoms with Crippen LogP contribution in [0.2, 0.25) is 0 Å². The number of hydrogen-bond acceptors (Lipinski definition) is 5. The quantitative estimate of drug-likeness (QED) is 0.615. The SMILES string of the molecule is Fc1cccc(CN2CCCCC2c2nc(CCOCC3CCCC3)no2)c1. The topological polar surface area (TPSA) is 51.4 Å². The summed E-state index contributed by atoms with van der Waals surface area (Å²) in [4.78, 5) is 6.96. The van der Waals surface area contributed by atoms with E-state index in [9.17, 15) is 4.39 Å². The molecule has 2 fully saturated rings. The molecule has 4 rings (SSSR count). The van der Waals surface area contributed by atoms with E-state index in [1.165, 1.54) is 31.7 Å². The number of rotatable bonds is 8. The fourth-order valence-corrected chi connectivity index (χ4v) is 4.42. The number of likely N-dealkylation sites (tertiary alicyclic amines) is 1. The average molecular weight is 387 g/mol. The number of aromatic nitrogens is 2. The largest absolute Gasteiger partial charge is 0.381 e. The first-order valence-electron chi connectivity index (χ1n) is 10.7. The Morgan fingerprint density at radius 3 is 2.86 bits per heavy atom. The van der Waals surface area contributed by atoms with Crippen LogP contribution in [0.3, 0.4) is 0 Å². The summed E-state index contributed by atoms with van der Waals surface area (Å²) < 4.78 is 24.9. The minimum absolute atomic E-state index is 0.109. The van der Waals surface area contributed by atoms with Gasteiger partial charge in [-0.3, -0.25) is 4.90 Å². The second-order valence-electron chi connectivity index (χ2n) is 8.14. The molecule has 0 N–H and O–H groups in total. The molecular formula is C22H30FN3O2. The number of nitrogens with zero attached hydrogens (tertiary/aromatic N) is 3. The molecule has 28 heavy (non-hydrogen) atoms. The summed E-state index contributed by atoms with van der Waals surface area (Å²) >= 11 is 0. The fourth-order valence-electron chi connectivity index (χ4n) is 4.42. The molecule has 2 aliphatic rings. The number of halogens is 1. The van der Waals surface area contributed by atoms with Crippen LogP contribution in [0, 0.1) is 11.7 Å². The smallest absolute Gasteiger partial charge is 0.244 e. The Morgan fingerprint density at radius 2 is 2.00 bits per heavy atom. The highest BCUT2D eigenvalue weighted by Gasteiger charge is 2.28. The van der Waals surface area contributed by atoms with Gasteiger partial charge in [-0.2, -0.15) is 4.98 Å². The molecule has 1 aliphatic carbocycles. The van der Waals surface area contributed by atoms with Gasteiger partial charge in [-0.15, -0.1) is 0 Å². The van der Waals surface area contributed by atoms with Crippen LogP contribution in [0.25, 0.3) is 0 Å². The summed E-state index contributed by atoms with van der Waals surface area (Å²) in [7, 11) is 0. The van der Waals surface area contributed by atoms with E-state index in [2.05, 4.69) is 15.0 Å². The van der Waals surface area contributed by atoms with Crippen LogP contribution >= 0.6 is 0 Å². The monoisotopic (exact) mass is 387 g/mol. The van der Waals surface area contributed by atoms with E-state index in [1.807, 2.05) is 6.07 Å². The molecule has 1 aromatic carbocycles. The Morgan fingerprint density at radius 1 is 1.14 bits per heavy atom. The summed E-state index contributed by atoms with van der Waals surface area (Å²) in [6.07, 6.45) is 9.26. The second kappa shape index (κ2) is 9.61. The molecule has 1 saturated carbocycles. The third-order valence-corrected chi connectivity index (χ3v) is 5.96. The van der Waals surface area contributed by atoms with Crippen molar-refractivity contribution < 1.29 is 13.7 Å². The number of benzene rings is 1. The molecule has 1 aromatic heterocycles. The Hall–Kier alpha value is -1.79. The zero-order valence-corrected chi connectivity index (χ0v) is 16.5. The molecule has 1 aliphatic heterocycles. The highest BCUT2D eigenvalue weighted by Crippen LogP contribution is 2.31. The first-order valence-corrected chi connectivity index (χ1v) is 10.7. The lowest BCUT2D eigenvalue weighted by Crippen LogP contribution is -2.33. The van der Waals surface area contributed by atoms with Gasteiger partial charge in [0.25, 0.3) is 0 Å². The van der Waals surface area contributed by atoms with Crippen LogP contribution in [-0.2, 0) is 17.7 Å². The standard InChI is InChI=1S/C22H30FN3O2/c23-19-9-5-8-18(14-19)15-26-12-4-3-10-20(26)22-24-21(25-28-22)11-13-27-16-17-6-1-2-7-17/h5,8-9,14,17,20H,1-4,6-7,10-13,15-16H2. The summed E-state index contributed by atoms with van der Waals surface area (Å²) in [6, 6.07) is 6.93. The maximum Gasteiger partial charge on any atom is 0.244 e. The molecule has 6 heteroatoms. The van der Waals surface area contributed by atoms with E-state index in [0.29, 0.717) is 25.5 Å². The summed E-state index contributed by atoms with van der Waals surface area (Å²) in [5.41, 5.74) is 0.979. The van der Waals surface area contributed by atoms with Crippen molar-refractivity contribution in [2.24, 2.45) is 5.92 Å². The van der Waals surface area contributed by atoms with Gasteiger partial charge in [0.2, 0.25) is 5.89 Å². The zero-order valence-electron chi connectivity index (χ0n) is 16.5. The van der Waals surface area contributed by atoms with Crippen molar-refractivity contribution in [1.29, 1.82) is 0 Å². The molecule has 0 bridgehead atoms. The van der Waals surface area contributed by atoms with Crippen LogP contribution in [0.5, 0.6) is 0 Å². The number of hydrogen-bond donors (Lipinski definition) is 0. The molecule has 2 aromatic rings. The van der Waals surface area contributed by atoms with Gasteiger partial charge in [-0.05, 0) is 55.8 Å². The van der Waals surface area contributed by atoms with Gasteiger partial charge in [0.15, 0.2) is 5.82 Å². The Bertz CT molecular complexity index is 745. The van der Waals surface area contributed by atoms with Gasteiger partial charge in [0.05, 0.1) is 12.6 Å². The van der Waals surface area contributed by atoms with Crippen LogP contribution < -0.4 is 0 Å². The van der Waals surface area contributed by atoms with E-state index in [0.717, 1.165) is 49.7 Å². The second-order valence-corrected chi connectivity index (χ2v) is 8.14. The summed E-state index contributed by atoms with van der Waals surface area (Å²) in [6.45, 7) is 3.16. The van der Waals surface area contributed by atoms with Crippen molar-refractivity contribution in [2.75, 3.05) is 19.8 Å². The van der Waals surface area contributed by atoms with Crippen LogP contribution in [-0.4, -0.2) is 34.8 Å². The van der Waals surface area contributed by atoms with Gasteiger partial charge < -0.3 is 9.26 Å². The highest BCUT2D eigenvalue weighted by molar-refractivity contribution is 5.16. The van der Waals surface area contributed by atoms with Crippen LogP contribution in [0.15, 0.2) is 28.8 Å². The molecule has 0 radical (unpaired) electrons. The minimum Gasteiger partial charge on any atom is -0.381 e. The van der Waals surface area contributed by atoms with E-state index in [1.54, 1.807) is 12.1 Å². The zero-order chi connectivity index (χ0) is 19.2. The molecule has 2 heterocycles. The molecule has 5 nitrogen and oxygen atoms in total. The third-order valence-electron chi connectivity index (χ3n) is 5.96. The summed E-state index contributed by atoms with van der Waals surface area (Å²) in [5, 5.41) is 4.16. The van der Waals surface area contributed by atoms with Gasteiger partial charge in [-0.25, -0.2) is 4.39 Å². The van der Waals surface area contributed by atoms with Crippen molar-refractivity contribution in [1.82, 2.24) is 15.0 Å². The van der Waals surface area contributed by atoms with E-state index in [-0.39, 0.29) is 11.9 Å². The predicted molar refractivity (Wildman–Crippen MR) is 104 cm³/mol. The fraction of sp³-hybridized carbons (Fsp3) is 0.636. The first-order chi connectivity index (χ1) is 13.8. The maximum absolute atomic E-state index is 13.5. The lowest BCUT2D eigenvalue weighted by Gasteiger charge is -2.33. The maximum atomic E-state index is 13.5. The third kappa shape index (κ3) is 5.17. The molecule has 0 spiro atoms. The Kier molecular flexibility index (Phi) is 6.70. The Labute approximate surface area is 166 Å². The molecule has 0 amide bonds. The molecule has 152 valence electrons. The average Bonchev–Trinajstić information content (AvgIpc) is 3.38. The lowest BCUT2D eigenvalue weighted by atomic mass is 10.0. The minimum atomic E-state index is -0.191. The number of piperidine rings is 1. The lowest BCUT2D eigenvalue weighted by molar-refractivity contribution is 0.102. The molecule has 1 unspecified atom stereocenters. The first kappa shape index (κ1) is 19.5. The predicted octanol–water partition coefficient (Wildman–Crippen LogP) is 4.69. The molecular weight excluding hydrogens is 357 g/mol. The van der Waals surface area contributed by atoms with Crippen LogP contribution in [0.4, 0.5) is 4.39 Å². The Balaban J connectivity index is 1.31. The van der Waals surface area contributed by atoms with Crippen molar-refractivity contribution in [3.8, 4) is 0 Å². The van der Waals surface area contributed by atoms with E-state index in [4.69, 9.17) is 9.26 Å². The number of ether oxygens (including phenoxy) is 1. The normalized spacial score (nSPS) is 21.4. The van der Waals surface area contributed by atoms with Crippen molar-refractivity contribution in [3.63, 3.8) is 0 Å². The molecule has 1 saturated heterocycles. The molecule has 1 atom stereocenters. The van der Waals surface area contributed by atoms with Gasteiger partial charge in [-0.1, -0.05) is 36.6 Å². The van der Waals surface area contributed by atoms with Crippen molar-refractivity contribution in [3.05, 3.63) is 47.4 Å².